The number of nitrogens with zero attached hydrogens (tertiary/aromatic N) is 2. The molecule has 2 heterocycles. The Morgan fingerprint density at radius 1 is 1.25 bits per heavy atom. The van der Waals surface area contributed by atoms with Gasteiger partial charge in [0.25, 0.3) is 0 Å². The van der Waals surface area contributed by atoms with E-state index in [4.69, 9.17) is 4.74 Å². The van der Waals surface area contributed by atoms with Crippen LogP contribution >= 0.6 is 0 Å². The van der Waals surface area contributed by atoms with E-state index < -0.39 is 11.6 Å². The van der Waals surface area contributed by atoms with Crippen molar-refractivity contribution in [3.8, 4) is 17.0 Å². The molecule has 3 rings (SSSR count). The fourth-order valence-corrected chi connectivity index (χ4v) is 3.57. The average molecular weight is 386 g/mol. The van der Waals surface area contributed by atoms with Crippen molar-refractivity contribution in [2.75, 3.05) is 26.2 Å². The molecule has 0 spiro atoms. The number of carboxylic acids is 1. The number of ether oxygens (including phenoxy) is 1. The Labute approximate surface area is 165 Å². The Hall–Kier alpha value is -2.47. The van der Waals surface area contributed by atoms with E-state index in [0.717, 1.165) is 25.9 Å². The molecule has 1 N–H and O–H groups in total. The lowest BCUT2D eigenvalue weighted by molar-refractivity contribution is 0.0697. The van der Waals surface area contributed by atoms with Crippen molar-refractivity contribution >= 4 is 5.97 Å². The highest BCUT2D eigenvalue weighted by atomic mass is 19.1. The van der Waals surface area contributed by atoms with Crippen LogP contribution in [0, 0.1) is 5.92 Å². The molecule has 150 valence electrons. The van der Waals surface area contributed by atoms with Gasteiger partial charge in [-0.1, -0.05) is 18.2 Å². The number of likely N-dealkylation sites (tertiary alicyclic amines) is 1. The van der Waals surface area contributed by atoms with Crippen molar-refractivity contribution in [3.63, 3.8) is 0 Å². The highest BCUT2D eigenvalue weighted by molar-refractivity contribution is 5.95. The van der Waals surface area contributed by atoms with Gasteiger partial charge < -0.3 is 14.7 Å². The molecule has 1 aromatic carbocycles. The van der Waals surface area contributed by atoms with Gasteiger partial charge in [0, 0.05) is 12.1 Å². The van der Waals surface area contributed by atoms with Crippen LogP contribution < -0.4 is 4.74 Å². The van der Waals surface area contributed by atoms with Crippen LogP contribution in [-0.2, 0) is 0 Å². The number of hydrogen-bond donors (Lipinski definition) is 1. The predicted octanol–water partition coefficient (Wildman–Crippen LogP) is 4.29. The molecule has 28 heavy (non-hydrogen) atoms. The summed E-state index contributed by atoms with van der Waals surface area (Å²) in [6, 6.07) is 10.4. The minimum atomic E-state index is -1.16. The molecule has 0 bridgehead atoms. The lowest BCUT2D eigenvalue weighted by Crippen LogP contribution is -2.41. The molecule has 0 unspecified atom stereocenters. The number of hydrogen-bond acceptors (Lipinski definition) is 4. The summed E-state index contributed by atoms with van der Waals surface area (Å²) in [4.78, 5) is 17.9. The zero-order valence-corrected chi connectivity index (χ0v) is 16.4. The molecule has 2 aromatic rings. The summed E-state index contributed by atoms with van der Waals surface area (Å²) < 4.78 is 19.6. The maximum atomic E-state index is 13.8. The summed E-state index contributed by atoms with van der Waals surface area (Å²) >= 11 is 0. The highest BCUT2D eigenvalue weighted by Gasteiger charge is 2.25. The number of alkyl halides is 1. The van der Waals surface area contributed by atoms with E-state index in [2.05, 4.69) is 9.88 Å². The molecule has 1 aliphatic rings. The molecule has 1 saturated heterocycles. The summed E-state index contributed by atoms with van der Waals surface area (Å²) in [7, 11) is 0. The van der Waals surface area contributed by atoms with Crippen LogP contribution in [0.4, 0.5) is 4.39 Å². The van der Waals surface area contributed by atoms with E-state index in [0.29, 0.717) is 36.1 Å². The number of rotatable bonds is 7. The molecule has 0 radical (unpaired) electrons. The van der Waals surface area contributed by atoms with Crippen molar-refractivity contribution < 1.29 is 19.0 Å². The number of aromatic nitrogens is 1. The van der Waals surface area contributed by atoms with Crippen LogP contribution in [0.5, 0.6) is 5.75 Å². The van der Waals surface area contributed by atoms with E-state index in [9.17, 15) is 14.3 Å². The minimum absolute atomic E-state index is 0.229. The van der Waals surface area contributed by atoms with Crippen LogP contribution in [0.2, 0.25) is 0 Å². The molecule has 0 atom stereocenters. The number of benzene rings is 1. The Kier molecular flexibility index (Phi) is 6.29. The van der Waals surface area contributed by atoms with Crippen molar-refractivity contribution in [1.29, 1.82) is 0 Å². The number of carboxylic acid groups (broad SMARTS) is 1. The van der Waals surface area contributed by atoms with Crippen molar-refractivity contribution in [3.05, 3.63) is 48.2 Å². The van der Waals surface area contributed by atoms with Gasteiger partial charge in [-0.05, 0) is 63.9 Å². The van der Waals surface area contributed by atoms with E-state index >= 15 is 0 Å². The standard InChI is InChI=1S/C22H27FN2O3/c1-22(2,23)15-25-11-9-16(10-12-25)14-28-17-7-8-20(24-13-17)18-5-3-4-6-19(18)21(26)27/h3-8,13,16H,9-12,14-15H2,1-2H3,(H,26,27). The molecule has 0 saturated carbocycles. The lowest BCUT2D eigenvalue weighted by atomic mass is 9.97. The topological polar surface area (TPSA) is 62.7 Å². The van der Waals surface area contributed by atoms with Gasteiger partial charge in [0.15, 0.2) is 0 Å². The number of aromatic carboxylic acids is 1. The van der Waals surface area contributed by atoms with Gasteiger partial charge in [-0.25, -0.2) is 9.18 Å². The summed E-state index contributed by atoms with van der Waals surface area (Å²) in [5.41, 5.74) is 0.264. The molecule has 0 amide bonds. The largest absolute Gasteiger partial charge is 0.492 e. The molecule has 1 aliphatic heterocycles. The number of halogens is 1. The van der Waals surface area contributed by atoms with Crippen LogP contribution in [-0.4, -0.2) is 52.9 Å². The first kappa shape index (κ1) is 20.3. The normalized spacial score (nSPS) is 16.1. The van der Waals surface area contributed by atoms with Gasteiger partial charge in [-0.3, -0.25) is 4.98 Å². The first-order valence-corrected chi connectivity index (χ1v) is 9.65. The minimum Gasteiger partial charge on any atom is -0.492 e. The second kappa shape index (κ2) is 8.69. The third kappa shape index (κ3) is 5.52. The predicted molar refractivity (Wildman–Crippen MR) is 106 cm³/mol. The van der Waals surface area contributed by atoms with Gasteiger partial charge in [-0.2, -0.15) is 0 Å². The zero-order valence-electron chi connectivity index (χ0n) is 16.4. The maximum absolute atomic E-state index is 13.8. The maximum Gasteiger partial charge on any atom is 0.336 e. The Morgan fingerprint density at radius 3 is 2.57 bits per heavy atom. The van der Waals surface area contributed by atoms with Gasteiger partial charge in [0.1, 0.15) is 11.4 Å². The van der Waals surface area contributed by atoms with Crippen LogP contribution in [0.25, 0.3) is 11.3 Å². The van der Waals surface area contributed by atoms with Crippen LogP contribution in [0.15, 0.2) is 42.6 Å². The quantitative estimate of drug-likeness (QED) is 0.769. The summed E-state index contributed by atoms with van der Waals surface area (Å²) in [5.74, 6) is 0.149. The molecular weight excluding hydrogens is 359 g/mol. The second-order valence-corrected chi connectivity index (χ2v) is 7.98. The number of carbonyl (C=O) groups is 1. The van der Waals surface area contributed by atoms with Crippen molar-refractivity contribution in [2.24, 2.45) is 5.92 Å². The molecule has 5 nitrogen and oxygen atoms in total. The Balaban J connectivity index is 1.53. The van der Waals surface area contributed by atoms with Crippen LogP contribution in [0.3, 0.4) is 0 Å². The third-order valence-electron chi connectivity index (χ3n) is 4.96. The van der Waals surface area contributed by atoms with Gasteiger partial charge in [0.05, 0.1) is 24.1 Å². The SMILES string of the molecule is CC(C)(F)CN1CCC(COc2ccc(-c3ccccc3C(=O)O)nc2)CC1. The molecular formula is C22H27FN2O3. The zero-order chi connectivity index (χ0) is 20.1. The Bertz CT molecular complexity index is 794. The smallest absolute Gasteiger partial charge is 0.336 e. The first-order chi connectivity index (χ1) is 13.3. The average Bonchev–Trinajstić information content (AvgIpc) is 2.67. The van der Waals surface area contributed by atoms with Gasteiger partial charge >= 0.3 is 5.97 Å². The lowest BCUT2D eigenvalue weighted by Gasteiger charge is -2.34. The fourth-order valence-electron chi connectivity index (χ4n) is 3.57. The number of piperidine rings is 1. The molecule has 0 aliphatic carbocycles. The number of pyridine rings is 1. The molecule has 1 fully saturated rings. The molecule has 6 heteroatoms. The highest BCUT2D eigenvalue weighted by Crippen LogP contribution is 2.25. The van der Waals surface area contributed by atoms with E-state index in [1.807, 2.05) is 6.07 Å². The monoisotopic (exact) mass is 386 g/mol. The molecule has 1 aromatic heterocycles. The van der Waals surface area contributed by atoms with Crippen molar-refractivity contribution in [1.82, 2.24) is 9.88 Å². The van der Waals surface area contributed by atoms with E-state index in [1.165, 1.54) is 0 Å². The van der Waals surface area contributed by atoms with Crippen molar-refractivity contribution in [2.45, 2.75) is 32.4 Å². The fraction of sp³-hybridized carbons (Fsp3) is 0.455. The van der Waals surface area contributed by atoms with Gasteiger partial charge in [0.2, 0.25) is 0 Å². The summed E-state index contributed by atoms with van der Waals surface area (Å²) in [6.45, 7) is 6.11. The van der Waals surface area contributed by atoms with E-state index in [-0.39, 0.29) is 5.56 Å². The van der Waals surface area contributed by atoms with Gasteiger partial charge in [-0.15, -0.1) is 0 Å². The summed E-state index contributed by atoms with van der Waals surface area (Å²) in [5, 5.41) is 9.31. The van der Waals surface area contributed by atoms with E-state index in [1.54, 1.807) is 50.4 Å². The second-order valence-electron chi connectivity index (χ2n) is 7.98. The first-order valence-electron chi connectivity index (χ1n) is 9.65. The van der Waals surface area contributed by atoms with Crippen LogP contribution in [0.1, 0.15) is 37.0 Å². The Morgan fingerprint density at radius 2 is 1.96 bits per heavy atom. The summed E-state index contributed by atoms with van der Waals surface area (Å²) in [6.07, 6.45) is 3.62. The third-order valence-corrected chi connectivity index (χ3v) is 4.96.